The molecule has 0 N–H and O–H groups in total. The molecule has 2 aromatic heterocycles. The van der Waals surface area contributed by atoms with E-state index in [9.17, 15) is 8.78 Å². The fourth-order valence-electron chi connectivity index (χ4n) is 1.71. The van der Waals surface area contributed by atoms with E-state index in [0.29, 0.717) is 11.1 Å². The van der Waals surface area contributed by atoms with Gasteiger partial charge in [0.25, 0.3) is 5.89 Å². The number of benzene rings is 1. The predicted molar refractivity (Wildman–Crippen MR) is 67.6 cm³/mol. The average Bonchev–Trinajstić information content (AvgIpc) is 2.97. The lowest BCUT2D eigenvalue weighted by molar-refractivity contribution is 0.507. The molecule has 0 radical (unpaired) electrons. The Balaban J connectivity index is 1.97. The molecular formula is C14H6F2N4O. The van der Waals surface area contributed by atoms with Gasteiger partial charge in [-0.1, -0.05) is 0 Å². The summed E-state index contributed by atoms with van der Waals surface area (Å²) in [6, 6.07) is 10.6. The Morgan fingerprint density at radius 3 is 2.33 bits per heavy atom. The summed E-state index contributed by atoms with van der Waals surface area (Å²) in [4.78, 5) is 3.06. The van der Waals surface area contributed by atoms with Crippen LogP contribution in [0.1, 0.15) is 5.56 Å². The molecule has 21 heavy (non-hydrogen) atoms. The number of hydrogen-bond donors (Lipinski definition) is 0. The first-order valence-corrected chi connectivity index (χ1v) is 5.84. The van der Waals surface area contributed by atoms with Crippen LogP contribution in [0.5, 0.6) is 0 Å². The second kappa shape index (κ2) is 5.09. The smallest absolute Gasteiger partial charge is 0.252 e. The van der Waals surface area contributed by atoms with E-state index < -0.39 is 11.9 Å². The van der Waals surface area contributed by atoms with E-state index >= 15 is 0 Å². The van der Waals surface area contributed by atoms with Crippen molar-refractivity contribution < 1.29 is 13.2 Å². The van der Waals surface area contributed by atoms with Crippen molar-refractivity contribution in [2.24, 2.45) is 0 Å². The molecule has 0 spiro atoms. The van der Waals surface area contributed by atoms with Crippen LogP contribution in [0.15, 0.2) is 40.8 Å². The third-order valence-electron chi connectivity index (χ3n) is 2.73. The molecule has 3 rings (SSSR count). The molecule has 0 amide bonds. The summed E-state index contributed by atoms with van der Waals surface area (Å²) in [7, 11) is 0. The molecule has 0 bridgehead atoms. The number of pyridine rings is 1. The van der Waals surface area contributed by atoms with Crippen LogP contribution in [0.25, 0.3) is 22.9 Å². The molecule has 0 aliphatic carbocycles. The van der Waals surface area contributed by atoms with Crippen molar-refractivity contribution in [3.63, 3.8) is 0 Å². The van der Waals surface area contributed by atoms with Gasteiger partial charge in [0.05, 0.1) is 17.2 Å². The number of nitrogens with zero attached hydrogens (tertiary/aromatic N) is 4. The maximum absolute atomic E-state index is 13.5. The molecule has 7 heteroatoms. The molecule has 102 valence electrons. The second-order valence-electron chi connectivity index (χ2n) is 4.07. The first-order valence-electron chi connectivity index (χ1n) is 5.84. The Labute approximate surface area is 117 Å². The number of halogens is 2. The summed E-state index contributed by atoms with van der Waals surface area (Å²) in [5.41, 5.74) is 0.999. The zero-order valence-corrected chi connectivity index (χ0v) is 10.4. The summed E-state index contributed by atoms with van der Waals surface area (Å²) in [5.74, 6) is -1.88. The van der Waals surface area contributed by atoms with Crippen molar-refractivity contribution in [3.8, 4) is 29.0 Å². The SMILES string of the molecule is N#Cc1ccc(-c2nnc(-c3ccc(F)nc3F)o2)cc1. The van der Waals surface area contributed by atoms with Gasteiger partial charge in [-0.2, -0.15) is 19.0 Å². The van der Waals surface area contributed by atoms with Gasteiger partial charge in [0.1, 0.15) is 0 Å². The zero-order valence-electron chi connectivity index (χ0n) is 10.4. The summed E-state index contributed by atoms with van der Waals surface area (Å²) >= 11 is 0. The van der Waals surface area contributed by atoms with Crippen LogP contribution in [0.2, 0.25) is 0 Å². The van der Waals surface area contributed by atoms with E-state index in [4.69, 9.17) is 9.68 Å². The van der Waals surface area contributed by atoms with Gasteiger partial charge in [0, 0.05) is 5.56 Å². The lowest BCUT2D eigenvalue weighted by atomic mass is 10.1. The second-order valence-corrected chi connectivity index (χ2v) is 4.07. The minimum Gasteiger partial charge on any atom is -0.416 e. The Kier molecular flexibility index (Phi) is 3.12. The van der Waals surface area contributed by atoms with Gasteiger partial charge in [0.15, 0.2) is 0 Å². The first-order chi connectivity index (χ1) is 10.2. The van der Waals surface area contributed by atoms with Crippen LogP contribution in [-0.4, -0.2) is 15.2 Å². The molecule has 1 aromatic carbocycles. The van der Waals surface area contributed by atoms with E-state index in [2.05, 4.69) is 15.2 Å². The minimum atomic E-state index is -1.02. The molecule has 0 unspecified atom stereocenters. The highest BCUT2D eigenvalue weighted by Gasteiger charge is 2.15. The van der Waals surface area contributed by atoms with Crippen LogP contribution in [0, 0.1) is 23.2 Å². The molecule has 2 heterocycles. The molecule has 0 saturated carbocycles. The minimum absolute atomic E-state index is 0.0798. The third kappa shape index (κ3) is 2.47. The lowest BCUT2D eigenvalue weighted by Crippen LogP contribution is -1.92. The number of rotatable bonds is 2. The van der Waals surface area contributed by atoms with Crippen molar-refractivity contribution in [1.29, 1.82) is 5.26 Å². The first kappa shape index (κ1) is 12.9. The topological polar surface area (TPSA) is 75.6 Å². The molecule has 0 saturated heterocycles. The van der Waals surface area contributed by atoms with Crippen LogP contribution >= 0.6 is 0 Å². The Morgan fingerprint density at radius 1 is 0.952 bits per heavy atom. The van der Waals surface area contributed by atoms with Gasteiger partial charge >= 0.3 is 0 Å². The van der Waals surface area contributed by atoms with Gasteiger partial charge in [-0.25, -0.2) is 0 Å². The molecule has 0 aliphatic heterocycles. The Hall–Kier alpha value is -3.14. The standard InChI is InChI=1S/C14H6F2N4O/c15-11-6-5-10(12(16)18-11)14-20-19-13(21-14)9-3-1-8(7-17)2-4-9/h1-6H. The molecular weight excluding hydrogens is 278 g/mol. The van der Waals surface area contributed by atoms with Gasteiger partial charge in [-0.3, -0.25) is 0 Å². The Morgan fingerprint density at radius 2 is 1.67 bits per heavy atom. The van der Waals surface area contributed by atoms with Gasteiger partial charge in [-0.15, -0.1) is 10.2 Å². The van der Waals surface area contributed by atoms with Crippen molar-refractivity contribution in [3.05, 3.63) is 53.9 Å². The summed E-state index contributed by atoms with van der Waals surface area (Å²) < 4.78 is 31.6. The summed E-state index contributed by atoms with van der Waals surface area (Å²) in [6.07, 6.45) is 0. The monoisotopic (exact) mass is 284 g/mol. The molecule has 0 aliphatic rings. The number of aromatic nitrogens is 3. The average molecular weight is 284 g/mol. The quantitative estimate of drug-likeness (QED) is 0.676. The van der Waals surface area contributed by atoms with Crippen molar-refractivity contribution in [2.45, 2.75) is 0 Å². The van der Waals surface area contributed by atoms with E-state index in [1.54, 1.807) is 24.3 Å². The van der Waals surface area contributed by atoms with E-state index in [1.807, 2.05) is 6.07 Å². The molecule has 0 fully saturated rings. The fourth-order valence-corrected chi connectivity index (χ4v) is 1.71. The van der Waals surface area contributed by atoms with E-state index in [0.717, 1.165) is 6.07 Å². The lowest BCUT2D eigenvalue weighted by Gasteiger charge is -1.96. The highest BCUT2D eigenvalue weighted by molar-refractivity contribution is 5.58. The van der Waals surface area contributed by atoms with Crippen molar-refractivity contribution in [1.82, 2.24) is 15.2 Å². The summed E-state index contributed by atoms with van der Waals surface area (Å²) in [5, 5.41) is 16.2. The Bertz CT molecular complexity index is 837. The highest BCUT2D eigenvalue weighted by Crippen LogP contribution is 2.25. The molecule has 5 nitrogen and oxygen atoms in total. The van der Waals surface area contributed by atoms with Crippen LogP contribution in [0.3, 0.4) is 0 Å². The fraction of sp³-hybridized carbons (Fsp3) is 0. The van der Waals surface area contributed by atoms with E-state index in [-0.39, 0.29) is 17.3 Å². The highest BCUT2D eigenvalue weighted by atomic mass is 19.1. The van der Waals surface area contributed by atoms with Crippen molar-refractivity contribution in [2.75, 3.05) is 0 Å². The predicted octanol–water partition coefficient (Wildman–Crippen LogP) is 2.95. The van der Waals surface area contributed by atoms with Gasteiger partial charge in [-0.05, 0) is 36.4 Å². The number of hydrogen-bond acceptors (Lipinski definition) is 5. The largest absolute Gasteiger partial charge is 0.416 e. The van der Waals surface area contributed by atoms with Crippen molar-refractivity contribution >= 4 is 0 Å². The number of nitriles is 1. The third-order valence-corrected chi connectivity index (χ3v) is 2.73. The zero-order chi connectivity index (χ0) is 14.8. The maximum Gasteiger partial charge on any atom is 0.252 e. The van der Waals surface area contributed by atoms with Crippen LogP contribution in [0.4, 0.5) is 8.78 Å². The summed E-state index contributed by atoms with van der Waals surface area (Å²) in [6.45, 7) is 0. The van der Waals surface area contributed by atoms with E-state index in [1.165, 1.54) is 6.07 Å². The van der Waals surface area contributed by atoms with Crippen LogP contribution in [-0.2, 0) is 0 Å². The van der Waals surface area contributed by atoms with Gasteiger partial charge in [0.2, 0.25) is 17.8 Å². The molecule has 3 aromatic rings. The normalized spacial score (nSPS) is 10.3. The maximum atomic E-state index is 13.5. The van der Waals surface area contributed by atoms with Crippen LogP contribution < -0.4 is 0 Å². The van der Waals surface area contributed by atoms with Gasteiger partial charge < -0.3 is 4.42 Å². The molecule has 0 atom stereocenters.